The van der Waals surface area contributed by atoms with Crippen LogP contribution in [0.3, 0.4) is 0 Å². The zero-order valence-corrected chi connectivity index (χ0v) is 12.2. The first-order valence-electron chi connectivity index (χ1n) is 6.80. The zero-order valence-electron chi connectivity index (χ0n) is 11.4. The molecule has 1 saturated heterocycles. The highest BCUT2D eigenvalue weighted by atomic mass is 32.1. The second-order valence-electron chi connectivity index (χ2n) is 4.70. The van der Waals surface area contributed by atoms with Gasteiger partial charge in [0.15, 0.2) is 5.11 Å². The van der Waals surface area contributed by atoms with E-state index in [1.807, 2.05) is 6.92 Å². The summed E-state index contributed by atoms with van der Waals surface area (Å²) >= 11 is 5.15. The monoisotopic (exact) mass is 275 g/mol. The normalized spacial score (nSPS) is 14.3. The van der Waals surface area contributed by atoms with E-state index in [2.05, 4.69) is 46.4 Å². The topological polar surface area (TPSA) is 27.3 Å². The van der Waals surface area contributed by atoms with Crippen molar-refractivity contribution in [3.63, 3.8) is 0 Å². The van der Waals surface area contributed by atoms with E-state index in [4.69, 9.17) is 12.2 Å². The van der Waals surface area contributed by atoms with Crippen LogP contribution < -0.4 is 15.5 Å². The summed E-state index contributed by atoms with van der Waals surface area (Å²) in [4.78, 5) is 2.42. The predicted molar refractivity (Wildman–Crippen MR) is 86.3 cm³/mol. The van der Waals surface area contributed by atoms with E-state index in [-0.39, 0.29) is 0 Å². The van der Waals surface area contributed by atoms with Gasteiger partial charge in [0, 0.05) is 31.0 Å². The summed E-state index contributed by atoms with van der Waals surface area (Å²) in [5.41, 5.74) is 3.20. The standard InChI is InChI=1S/C15H21N3S/c1-3-16-15(19)17-12(2)13-6-8-14(9-7-13)18-10-4-5-11-18/h6-9H,2-5,10-11H2,1H3,(H2,16,17,19). The van der Waals surface area contributed by atoms with Crippen molar-refractivity contribution in [2.45, 2.75) is 19.8 Å². The Morgan fingerprint density at radius 1 is 1.26 bits per heavy atom. The van der Waals surface area contributed by atoms with Gasteiger partial charge < -0.3 is 15.5 Å². The Morgan fingerprint density at radius 3 is 2.47 bits per heavy atom. The molecule has 3 nitrogen and oxygen atoms in total. The Labute approximate surface area is 120 Å². The first-order chi connectivity index (χ1) is 9.20. The van der Waals surface area contributed by atoms with Gasteiger partial charge in [0.05, 0.1) is 0 Å². The van der Waals surface area contributed by atoms with Crippen molar-refractivity contribution in [1.29, 1.82) is 0 Å². The molecule has 1 aliphatic rings. The first kappa shape index (κ1) is 13.9. The molecule has 1 aromatic carbocycles. The molecule has 4 heteroatoms. The maximum absolute atomic E-state index is 5.15. The van der Waals surface area contributed by atoms with Crippen molar-refractivity contribution in [3.8, 4) is 0 Å². The summed E-state index contributed by atoms with van der Waals surface area (Å²) in [5, 5.41) is 6.77. The Bertz CT molecular complexity index is 447. The fraction of sp³-hybridized carbons (Fsp3) is 0.400. The molecule has 0 radical (unpaired) electrons. The fourth-order valence-corrected chi connectivity index (χ4v) is 2.53. The van der Waals surface area contributed by atoms with Crippen molar-refractivity contribution < 1.29 is 0 Å². The van der Waals surface area contributed by atoms with E-state index in [0.717, 1.165) is 17.8 Å². The van der Waals surface area contributed by atoms with E-state index in [0.29, 0.717) is 5.11 Å². The second-order valence-corrected chi connectivity index (χ2v) is 5.11. The highest BCUT2D eigenvalue weighted by Gasteiger charge is 2.12. The molecule has 0 atom stereocenters. The van der Waals surface area contributed by atoms with E-state index >= 15 is 0 Å². The van der Waals surface area contributed by atoms with E-state index < -0.39 is 0 Å². The summed E-state index contributed by atoms with van der Waals surface area (Å²) in [6.07, 6.45) is 2.60. The third-order valence-corrected chi connectivity index (χ3v) is 3.54. The highest BCUT2D eigenvalue weighted by Crippen LogP contribution is 2.21. The molecule has 0 saturated carbocycles. The summed E-state index contributed by atoms with van der Waals surface area (Å²) in [5.74, 6) is 0. The minimum atomic E-state index is 0.621. The maximum Gasteiger partial charge on any atom is 0.170 e. The number of hydrogen-bond donors (Lipinski definition) is 2. The van der Waals surface area contributed by atoms with Crippen LogP contribution in [-0.4, -0.2) is 24.7 Å². The van der Waals surface area contributed by atoms with E-state index in [1.54, 1.807) is 0 Å². The molecule has 1 aromatic rings. The first-order valence-corrected chi connectivity index (χ1v) is 7.20. The van der Waals surface area contributed by atoms with Gasteiger partial charge in [-0.15, -0.1) is 0 Å². The van der Waals surface area contributed by atoms with Gasteiger partial charge in [-0.2, -0.15) is 0 Å². The molecule has 19 heavy (non-hydrogen) atoms. The number of hydrogen-bond acceptors (Lipinski definition) is 2. The van der Waals surface area contributed by atoms with Crippen molar-refractivity contribution in [3.05, 3.63) is 36.4 Å². The summed E-state index contributed by atoms with van der Waals surface area (Å²) < 4.78 is 0. The van der Waals surface area contributed by atoms with Crippen LogP contribution in [0, 0.1) is 0 Å². The molecule has 2 rings (SSSR count). The average molecular weight is 275 g/mol. The van der Waals surface area contributed by atoms with Gasteiger partial charge in [0.25, 0.3) is 0 Å². The van der Waals surface area contributed by atoms with Crippen LogP contribution in [0.1, 0.15) is 25.3 Å². The highest BCUT2D eigenvalue weighted by molar-refractivity contribution is 7.80. The zero-order chi connectivity index (χ0) is 13.7. The van der Waals surface area contributed by atoms with Crippen LogP contribution in [0.2, 0.25) is 0 Å². The van der Waals surface area contributed by atoms with Gasteiger partial charge in [0.2, 0.25) is 0 Å². The van der Waals surface area contributed by atoms with Gasteiger partial charge >= 0.3 is 0 Å². The largest absolute Gasteiger partial charge is 0.372 e. The molecule has 2 N–H and O–H groups in total. The third kappa shape index (κ3) is 3.70. The van der Waals surface area contributed by atoms with Crippen LogP contribution in [0.25, 0.3) is 5.70 Å². The van der Waals surface area contributed by atoms with Crippen LogP contribution in [0.5, 0.6) is 0 Å². The van der Waals surface area contributed by atoms with Crippen LogP contribution in [0.15, 0.2) is 30.8 Å². The molecule has 0 amide bonds. The minimum Gasteiger partial charge on any atom is -0.372 e. The average Bonchev–Trinajstić information content (AvgIpc) is 2.93. The smallest absolute Gasteiger partial charge is 0.170 e. The van der Waals surface area contributed by atoms with Crippen molar-refractivity contribution >= 4 is 28.7 Å². The molecule has 1 fully saturated rings. The Hall–Kier alpha value is -1.55. The SMILES string of the molecule is C=C(NC(=S)NCC)c1ccc(N2CCCC2)cc1. The fourth-order valence-electron chi connectivity index (χ4n) is 2.26. The number of rotatable bonds is 4. The molecule has 0 aliphatic carbocycles. The lowest BCUT2D eigenvalue weighted by Crippen LogP contribution is -2.33. The molecular formula is C15H21N3S. The lowest BCUT2D eigenvalue weighted by molar-refractivity contribution is 0.949. The summed E-state index contributed by atoms with van der Waals surface area (Å²) in [6, 6.07) is 8.50. The number of benzene rings is 1. The summed E-state index contributed by atoms with van der Waals surface area (Å²) in [6.45, 7) is 9.19. The Balaban J connectivity index is 1.97. The molecule has 1 heterocycles. The maximum atomic E-state index is 5.15. The second kappa shape index (κ2) is 6.57. The molecule has 0 bridgehead atoms. The number of anilines is 1. The predicted octanol–water partition coefficient (Wildman–Crippen LogP) is 2.74. The number of nitrogens with one attached hydrogen (secondary N) is 2. The molecular weight excluding hydrogens is 254 g/mol. The molecule has 0 unspecified atom stereocenters. The summed E-state index contributed by atoms with van der Waals surface area (Å²) in [7, 11) is 0. The lowest BCUT2D eigenvalue weighted by atomic mass is 10.1. The Morgan fingerprint density at radius 2 is 1.89 bits per heavy atom. The molecule has 0 aromatic heterocycles. The van der Waals surface area contributed by atoms with Crippen LogP contribution in [0.4, 0.5) is 5.69 Å². The van der Waals surface area contributed by atoms with Crippen LogP contribution in [-0.2, 0) is 0 Å². The minimum absolute atomic E-state index is 0.621. The Kier molecular flexibility index (Phi) is 4.80. The van der Waals surface area contributed by atoms with Crippen molar-refractivity contribution in [2.24, 2.45) is 0 Å². The molecule has 102 valence electrons. The van der Waals surface area contributed by atoms with Gasteiger partial charge in [-0.3, -0.25) is 0 Å². The molecule has 0 spiro atoms. The van der Waals surface area contributed by atoms with Crippen LogP contribution >= 0.6 is 12.2 Å². The van der Waals surface area contributed by atoms with Gasteiger partial charge in [-0.25, -0.2) is 0 Å². The van der Waals surface area contributed by atoms with Crippen molar-refractivity contribution in [2.75, 3.05) is 24.5 Å². The quantitative estimate of drug-likeness (QED) is 0.826. The lowest BCUT2D eigenvalue weighted by Gasteiger charge is -2.18. The number of thiocarbonyl (C=S) groups is 1. The van der Waals surface area contributed by atoms with Gasteiger partial charge in [0.1, 0.15) is 0 Å². The van der Waals surface area contributed by atoms with E-state index in [1.165, 1.54) is 31.6 Å². The van der Waals surface area contributed by atoms with Gasteiger partial charge in [-0.05, 0) is 49.7 Å². The van der Waals surface area contributed by atoms with Crippen molar-refractivity contribution in [1.82, 2.24) is 10.6 Å². The number of nitrogens with zero attached hydrogens (tertiary/aromatic N) is 1. The van der Waals surface area contributed by atoms with Gasteiger partial charge in [-0.1, -0.05) is 18.7 Å². The van der Waals surface area contributed by atoms with E-state index in [9.17, 15) is 0 Å². The molecule has 1 aliphatic heterocycles. The third-order valence-electron chi connectivity index (χ3n) is 3.29.